The van der Waals surface area contributed by atoms with Crippen molar-refractivity contribution >= 4 is 11.8 Å². The Morgan fingerprint density at radius 3 is 2.68 bits per heavy atom. The van der Waals surface area contributed by atoms with Crippen molar-refractivity contribution in [1.29, 1.82) is 0 Å². The average Bonchev–Trinajstić information content (AvgIpc) is 2.85. The minimum absolute atomic E-state index is 0.298. The zero-order valence-corrected chi connectivity index (χ0v) is 10.7. The van der Waals surface area contributed by atoms with Crippen molar-refractivity contribution in [2.24, 2.45) is 0 Å². The second-order valence-electron chi connectivity index (χ2n) is 3.97. The highest BCUT2D eigenvalue weighted by Crippen LogP contribution is 2.15. The van der Waals surface area contributed by atoms with E-state index in [1.165, 1.54) is 11.9 Å². The van der Waals surface area contributed by atoms with Crippen molar-refractivity contribution in [3.8, 4) is 5.69 Å². The minimum Gasteiger partial charge on any atom is -0.469 e. The number of Topliss-reactive ketones (excluding diaryl/α,β-unsaturated/α-hetero) is 1. The Balaban J connectivity index is 2.36. The van der Waals surface area contributed by atoms with E-state index < -0.39 is 5.97 Å². The van der Waals surface area contributed by atoms with Gasteiger partial charge >= 0.3 is 5.97 Å². The number of aromatic nitrogens is 3. The topological polar surface area (TPSA) is 74.1 Å². The molecule has 0 aliphatic rings. The van der Waals surface area contributed by atoms with E-state index in [0.717, 1.165) is 5.69 Å². The molecule has 0 bridgehead atoms. The third-order valence-electron chi connectivity index (χ3n) is 2.56. The number of ether oxygens (including phenoxy) is 1. The molecule has 0 atom stereocenters. The van der Waals surface area contributed by atoms with Gasteiger partial charge in [0, 0.05) is 5.56 Å². The maximum absolute atomic E-state index is 12.0. The van der Waals surface area contributed by atoms with Crippen LogP contribution in [-0.2, 0) is 9.53 Å². The van der Waals surface area contributed by atoms with Gasteiger partial charge in [-0.15, -0.1) is 0 Å². The number of nitrogens with zero attached hydrogens (tertiary/aromatic N) is 3. The lowest BCUT2D eigenvalue weighted by Gasteiger charge is -2.06. The molecule has 1 heterocycles. The van der Waals surface area contributed by atoms with Gasteiger partial charge in [0.2, 0.25) is 0 Å². The number of esters is 1. The van der Waals surface area contributed by atoms with Crippen LogP contribution in [0.15, 0.2) is 30.5 Å². The normalized spacial score (nSPS) is 10.2. The number of para-hydroxylation sites is 1. The molecule has 0 radical (unpaired) electrons. The summed E-state index contributed by atoms with van der Waals surface area (Å²) in [5, 5.41) is 8.23. The second-order valence-corrected chi connectivity index (χ2v) is 3.97. The lowest BCUT2D eigenvalue weighted by atomic mass is 10.1. The van der Waals surface area contributed by atoms with Crippen molar-refractivity contribution in [3.63, 3.8) is 0 Å². The Kier molecular flexibility index (Phi) is 3.70. The van der Waals surface area contributed by atoms with E-state index in [1.54, 1.807) is 30.5 Å². The number of rotatable bonds is 4. The summed E-state index contributed by atoms with van der Waals surface area (Å²) in [5.41, 5.74) is 1.68. The van der Waals surface area contributed by atoms with Gasteiger partial charge in [0.25, 0.3) is 0 Å². The number of aryl methyl sites for hydroxylation is 1. The molecule has 6 nitrogen and oxygen atoms in total. The maximum atomic E-state index is 12.0. The first-order valence-electron chi connectivity index (χ1n) is 5.70. The summed E-state index contributed by atoms with van der Waals surface area (Å²) in [6.07, 6.45) is 1.30. The van der Waals surface area contributed by atoms with Gasteiger partial charge < -0.3 is 4.74 Å². The lowest BCUT2D eigenvalue weighted by molar-refractivity contribution is -0.139. The summed E-state index contributed by atoms with van der Waals surface area (Å²) in [5.74, 6) is -0.887. The molecule has 0 aliphatic carbocycles. The van der Waals surface area contributed by atoms with Crippen LogP contribution in [0.4, 0.5) is 0 Å². The zero-order valence-electron chi connectivity index (χ0n) is 10.7. The summed E-state index contributed by atoms with van der Waals surface area (Å²) < 4.78 is 4.49. The quantitative estimate of drug-likeness (QED) is 0.470. The van der Waals surface area contributed by atoms with E-state index in [2.05, 4.69) is 14.9 Å². The van der Waals surface area contributed by atoms with Crippen molar-refractivity contribution in [3.05, 3.63) is 41.7 Å². The molecule has 1 aromatic carbocycles. The fourth-order valence-corrected chi connectivity index (χ4v) is 1.64. The fraction of sp³-hybridized carbons (Fsp3) is 0.231. The molecule has 98 valence electrons. The third kappa shape index (κ3) is 2.85. The molecule has 0 fully saturated rings. The fourth-order valence-electron chi connectivity index (χ4n) is 1.64. The largest absolute Gasteiger partial charge is 0.469 e. The molecule has 6 heteroatoms. The van der Waals surface area contributed by atoms with Gasteiger partial charge in [-0.1, -0.05) is 12.1 Å². The molecule has 2 rings (SSSR count). The SMILES string of the molecule is COC(=O)CC(=O)c1ccccc1-n1ncc(C)n1. The predicted molar refractivity (Wildman–Crippen MR) is 67.1 cm³/mol. The zero-order chi connectivity index (χ0) is 13.8. The molecule has 0 N–H and O–H groups in total. The Labute approximate surface area is 110 Å². The van der Waals surface area contributed by atoms with Gasteiger partial charge in [0.05, 0.1) is 24.7 Å². The number of hydrogen-bond donors (Lipinski definition) is 0. The highest BCUT2D eigenvalue weighted by atomic mass is 16.5. The van der Waals surface area contributed by atoms with Crippen molar-refractivity contribution in [1.82, 2.24) is 15.0 Å². The summed E-state index contributed by atoms with van der Waals surface area (Å²) >= 11 is 0. The molecule has 0 unspecified atom stereocenters. The van der Waals surface area contributed by atoms with Crippen LogP contribution in [0.2, 0.25) is 0 Å². The van der Waals surface area contributed by atoms with E-state index in [-0.39, 0.29) is 12.2 Å². The third-order valence-corrected chi connectivity index (χ3v) is 2.56. The highest BCUT2D eigenvalue weighted by molar-refractivity contribution is 6.07. The minimum atomic E-state index is -0.565. The van der Waals surface area contributed by atoms with Crippen LogP contribution in [0.5, 0.6) is 0 Å². The number of benzene rings is 1. The molecule has 0 saturated carbocycles. The number of carbonyl (C=O) groups excluding carboxylic acids is 2. The average molecular weight is 259 g/mol. The summed E-state index contributed by atoms with van der Waals surface area (Å²) in [6, 6.07) is 6.87. The van der Waals surface area contributed by atoms with Crippen LogP contribution in [0, 0.1) is 6.92 Å². The van der Waals surface area contributed by atoms with Crippen LogP contribution in [0.3, 0.4) is 0 Å². The van der Waals surface area contributed by atoms with Crippen LogP contribution < -0.4 is 0 Å². The first-order valence-corrected chi connectivity index (χ1v) is 5.70. The monoisotopic (exact) mass is 259 g/mol. The lowest BCUT2D eigenvalue weighted by Crippen LogP contribution is -2.13. The first kappa shape index (κ1) is 12.9. The summed E-state index contributed by atoms with van der Waals surface area (Å²) in [7, 11) is 1.25. The van der Waals surface area contributed by atoms with Gasteiger partial charge in [-0.2, -0.15) is 15.0 Å². The van der Waals surface area contributed by atoms with Gasteiger partial charge in [0.15, 0.2) is 5.78 Å². The number of carbonyl (C=O) groups is 2. The number of methoxy groups -OCH3 is 1. The molecule has 19 heavy (non-hydrogen) atoms. The number of ketones is 1. The van der Waals surface area contributed by atoms with E-state index in [4.69, 9.17) is 0 Å². The molecular formula is C13H13N3O3. The second kappa shape index (κ2) is 5.43. The Hall–Kier alpha value is -2.50. The first-order chi connectivity index (χ1) is 9.11. The Bertz CT molecular complexity index is 619. The standard InChI is InChI=1S/C13H13N3O3/c1-9-8-14-16(15-9)11-6-4-3-5-10(11)12(17)7-13(18)19-2/h3-6,8H,7H2,1-2H3. The van der Waals surface area contributed by atoms with Crippen LogP contribution in [0.1, 0.15) is 22.5 Å². The smallest absolute Gasteiger partial charge is 0.313 e. The van der Waals surface area contributed by atoms with Gasteiger partial charge in [-0.05, 0) is 19.1 Å². The van der Waals surface area contributed by atoms with E-state index in [0.29, 0.717) is 11.3 Å². The number of hydrogen-bond acceptors (Lipinski definition) is 5. The van der Waals surface area contributed by atoms with E-state index >= 15 is 0 Å². The van der Waals surface area contributed by atoms with Gasteiger partial charge in [0.1, 0.15) is 6.42 Å². The Morgan fingerprint density at radius 2 is 2.05 bits per heavy atom. The van der Waals surface area contributed by atoms with Crippen molar-refractivity contribution < 1.29 is 14.3 Å². The maximum Gasteiger partial charge on any atom is 0.313 e. The summed E-state index contributed by atoms with van der Waals surface area (Å²) in [4.78, 5) is 24.6. The van der Waals surface area contributed by atoms with Crippen molar-refractivity contribution in [2.45, 2.75) is 13.3 Å². The molecule has 0 spiro atoms. The molecule has 1 aromatic heterocycles. The molecular weight excluding hydrogens is 246 g/mol. The van der Waals surface area contributed by atoms with Crippen molar-refractivity contribution in [2.75, 3.05) is 7.11 Å². The van der Waals surface area contributed by atoms with Crippen LogP contribution >= 0.6 is 0 Å². The van der Waals surface area contributed by atoms with Crippen LogP contribution in [0.25, 0.3) is 5.69 Å². The molecule has 0 saturated heterocycles. The summed E-state index contributed by atoms with van der Waals surface area (Å²) in [6.45, 7) is 1.81. The van der Waals surface area contributed by atoms with E-state index in [1.807, 2.05) is 6.92 Å². The van der Waals surface area contributed by atoms with Gasteiger partial charge in [-0.25, -0.2) is 0 Å². The predicted octanol–water partition coefficient (Wildman–Crippen LogP) is 1.32. The molecule has 0 amide bonds. The molecule has 2 aromatic rings. The van der Waals surface area contributed by atoms with Gasteiger partial charge in [-0.3, -0.25) is 9.59 Å². The Morgan fingerprint density at radius 1 is 1.32 bits per heavy atom. The molecule has 0 aliphatic heterocycles. The van der Waals surface area contributed by atoms with Crippen LogP contribution in [-0.4, -0.2) is 33.9 Å². The highest BCUT2D eigenvalue weighted by Gasteiger charge is 2.17. The van der Waals surface area contributed by atoms with E-state index in [9.17, 15) is 9.59 Å².